The number of carboxylic acid groups (broad SMARTS) is 1. The third-order valence-corrected chi connectivity index (χ3v) is 3.34. The van der Waals surface area contributed by atoms with Crippen LogP contribution in [-0.2, 0) is 19.1 Å². The SMILES string of the molecule is CCC(OC1CCCC1)C(=O)NCC(OC)C(=O)O. The summed E-state index contributed by atoms with van der Waals surface area (Å²) in [5, 5.41) is 11.4. The summed E-state index contributed by atoms with van der Waals surface area (Å²) in [6.07, 6.45) is 3.50. The van der Waals surface area contributed by atoms with Crippen molar-refractivity contribution >= 4 is 11.9 Å². The zero-order chi connectivity index (χ0) is 14.3. The molecule has 110 valence electrons. The van der Waals surface area contributed by atoms with E-state index in [1.807, 2.05) is 6.92 Å². The fraction of sp³-hybridized carbons (Fsp3) is 0.846. The van der Waals surface area contributed by atoms with Crippen LogP contribution in [0.5, 0.6) is 0 Å². The number of hydrogen-bond acceptors (Lipinski definition) is 4. The van der Waals surface area contributed by atoms with Crippen molar-refractivity contribution in [3.8, 4) is 0 Å². The molecular formula is C13H23NO5. The fourth-order valence-electron chi connectivity index (χ4n) is 2.18. The first-order valence-electron chi connectivity index (χ1n) is 6.77. The van der Waals surface area contributed by atoms with E-state index in [4.69, 9.17) is 14.6 Å². The number of carbonyl (C=O) groups is 2. The van der Waals surface area contributed by atoms with Gasteiger partial charge in [-0.1, -0.05) is 19.8 Å². The van der Waals surface area contributed by atoms with Crippen LogP contribution in [0.15, 0.2) is 0 Å². The van der Waals surface area contributed by atoms with E-state index in [1.54, 1.807) is 0 Å². The molecule has 1 fully saturated rings. The van der Waals surface area contributed by atoms with Crippen molar-refractivity contribution in [2.24, 2.45) is 0 Å². The molecule has 0 radical (unpaired) electrons. The average molecular weight is 273 g/mol. The summed E-state index contributed by atoms with van der Waals surface area (Å²) in [6.45, 7) is 1.83. The topological polar surface area (TPSA) is 84.9 Å². The molecule has 0 spiro atoms. The average Bonchev–Trinajstić information content (AvgIpc) is 2.88. The number of nitrogens with one attached hydrogen (secondary N) is 1. The van der Waals surface area contributed by atoms with Crippen molar-refractivity contribution in [3.05, 3.63) is 0 Å². The van der Waals surface area contributed by atoms with Gasteiger partial charge in [0, 0.05) is 7.11 Å². The molecule has 1 saturated carbocycles. The third-order valence-electron chi connectivity index (χ3n) is 3.34. The maximum absolute atomic E-state index is 11.9. The molecule has 0 heterocycles. The molecule has 1 amide bonds. The number of ether oxygens (including phenoxy) is 2. The van der Waals surface area contributed by atoms with Crippen LogP contribution in [0.25, 0.3) is 0 Å². The molecule has 1 aliphatic rings. The van der Waals surface area contributed by atoms with Crippen LogP contribution in [0.1, 0.15) is 39.0 Å². The summed E-state index contributed by atoms with van der Waals surface area (Å²) in [6, 6.07) is 0. The minimum absolute atomic E-state index is 0.0464. The molecule has 1 aliphatic carbocycles. The Bertz CT molecular complexity index is 301. The van der Waals surface area contributed by atoms with Gasteiger partial charge in [0.05, 0.1) is 12.6 Å². The van der Waals surface area contributed by atoms with E-state index in [2.05, 4.69) is 5.32 Å². The summed E-state index contributed by atoms with van der Waals surface area (Å²) < 4.78 is 10.5. The maximum atomic E-state index is 11.9. The molecule has 0 aromatic heterocycles. The van der Waals surface area contributed by atoms with Gasteiger partial charge in [0.1, 0.15) is 6.10 Å². The predicted molar refractivity (Wildman–Crippen MR) is 68.9 cm³/mol. The molecule has 2 unspecified atom stereocenters. The van der Waals surface area contributed by atoms with Crippen LogP contribution in [0, 0.1) is 0 Å². The molecule has 0 aromatic rings. The van der Waals surface area contributed by atoms with Crippen molar-refractivity contribution in [2.45, 2.75) is 57.3 Å². The van der Waals surface area contributed by atoms with Gasteiger partial charge in [0.2, 0.25) is 5.91 Å². The molecule has 2 atom stereocenters. The first-order chi connectivity index (χ1) is 9.08. The second-order valence-corrected chi connectivity index (χ2v) is 4.75. The smallest absolute Gasteiger partial charge is 0.334 e. The van der Waals surface area contributed by atoms with Gasteiger partial charge in [-0.25, -0.2) is 4.79 Å². The first-order valence-corrected chi connectivity index (χ1v) is 6.77. The number of amides is 1. The van der Waals surface area contributed by atoms with Crippen LogP contribution in [0.4, 0.5) is 0 Å². The predicted octanol–water partition coefficient (Wildman–Crippen LogP) is 0.940. The van der Waals surface area contributed by atoms with E-state index in [1.165, 1.54) is 7.11 Å². The van der Waals surface area contributed by atoms with E-state index >= 15 is 0 Å². The first kappa shape index (κ1) is 15.9. The molecule has 0 aromatic carbocycles. The highest BCUT2D eigenvalue weighted by Crippen LogP contribution is 2.22. The summed E-state index contributed by atoms with van der Waals surface area (Å²) in [5.41, 5.74) is 0. The number of carboxylic acids is 1. The van der Waals surface area contributed by atoms with Gasteiger partial charge in [-0.05, 0) is 19.3 Å². The molecule has 2 N–H and O–H groups in total. The Balaban J connectivity index is 2.38. The lowest BCUT2D eigenvalue weighted by molar-refractivity contribution is -0.149. The molecule has 0 aliphatic heterocycles. The highest BCUT2D eigenvalue weighted by molar-refractivity contribution is 5.81. The summed E-state index contributed by atoms with van der Waals surface area (Å²) in [5.74, 6) is -1.36. The Morgan fingerprint density at radius 2 is 1.95 bits per heavy atom. The molecule has 6 nitrogen and oxygen atoms in total. The van der Waals surface area contributed by atoms with Crippen molar-refractivity contribution in [3.63, 3.8) is 0 Å². The Morgan fingerprint density at radius 1 is 1.32 bits per heavy atom. The van der Waals surface area contributed by atoms with Gasteiger partial charge in [-0.2, -0.15) is 0 Å². The lowest BCUT2D eigenvalue weighted by Gasteiger charge is -2.21. The molecule has 0 bridgehead atoms. The van der Waals surface area contributed by atoms with E-state index < -0.39 is 18.2 Å². The minimum Gasteiger partial charge on any atom is -0.479 e. The Labute approximate surface area is 113 Å². The largest absolute Gasteiger partial charge is 0.479 e. The Morgan fingerprint density at radius 3 is 2.42 bits per heavy atom. The molecule has 0 saturated heterocycles. The highest BCUT2D eigenvalue weighted by atomic mass is 16.5. The fourth-order valence-corrected chi connectivity index (χ4v) is 2.18. The molecule has 1 rings (SSSR count). The monoisotopic (exact) mass is 273 g/mol. The van der Waals surface area contributed by atoms with Gasteiger partial charge in [-0.3, -0.25) is 4.79 Å². The number of methoxy groups -OCH3 is 1. The van der Waals surface area contributed by atoms with E-state index in [0.29, 0.717) is 6.42 Å². The minimum atomic E-state index is -1.09. The van der Waals surface area contributed by atoms with Gasteiger partial charge in [0.15, 0.2) is 6.10 Å². The molecular weight excluding hydrogens is 250 g/mol. The van der Waals surface area contributed by atoms with Crippen molar-refractivity contribution < 1.29 is 24.2 Å². The van der Waals surface area contributed by atoms with Gasteiger partial charge in [0.25, 0.3) is 0 Å². The highest BCUT2D eigenvalue weighted by Gasteiger charge is 2.25. The third kappa shape index (κ3) is 5.16. The van der Waals surface area contributed by atoms with Crippen LogP contribution in [0.2, 0.25) is 0 Å². The molecule has 19 heavy (non-hydrogen) atoms. The Kier molecular flexibility index (Phi) is 6.80. The number of hydrogen-bond donors (Lipinski definition) is 2. The summed E-state index contributed by atoms with van der Waals surface area (Å²) in [4.78, 5) is 22.7. The zero-order valence-corrected chi connectivity index (χ0v) is 11.6. The summed E-state index contributed by atoms with van der Waals surface area (Å²) in [7, 11) is 1.30. The van der Waals surface area contributed by atoms with Crippen LogP contribution in [0.3, 0.4) is 0 Å². The Hall–Kier alpha value is -1.14. The van der Waals surface area contributed by atoms with Crippen molar-refractivity contribution in [1.29, 1.82) is 0 Å². The second kappa shape index (κ2) is 8.12. The van der Waals surface area contributed by atoms with E-state index in [0.717, 1.165) is 25.7 Å². The van der Waals surface area contributed by atoms with E-state index in [9.17, 15) is 9.59 Å². The zero-order valence-electron chi connectivity index (χ0n) is 11.6. The quantitative estimate of drug-likeness (QED) is 0.687. The van der Waals surface area contributed by atoms with Crippen LogP contribution >= 0.6 is 0 Å². The number of rotatable bonds is 8. The van der Waals surface area contributed by atoms with E-state index in [-0.39, 0.29) is 18.6 Å². The number of carbonyl (C=O) groups excluding carboxylic acids is 1. The lowest BCUT2D eigenvalue weighted by atomic mass is 10.2. The summed E-state index contributed by atoms with van der Waals surface area (Å²) >= 11 is 0. The maximum Gasteiger partial charge on any atom is 0.334 e. The normalized spacial score (nSPS) is 19.1. The van der Waals surface area contributed by atoms with Crippen molar-refractivity contribution in [2.75, 3.05) is 13.7 Å². The molecule has 6 heteroatoms. The van der Waals surface area contributed by atoms with Gasteiger partial charge >= 0.3 is 5.97 Å². The van der Waals surface area contributed by atoms with Gasteiger partial charge < -0.3 is 19.9 Å². The van der Waals surface area contributed by atoms with Crippen molar-refractivity contribution in [1.82, 2.24) is 5.32 Å². The number of aliphatic carboxylic acids is 1. The second-order valence-electron chi connectivity index (χ2n) is 4.75. The van der Waals surface area contributed by atoms with Crippen LogP contribution in [-0.4, -0.2) is 48.9 Å². The lowest BCUT2D eigenvalue weighted by Crippen LogP contribution is -2.43. The standard InChI is InChI=1S/C13H23NO5/c1-3-10(19-9-6-4-5-7-9)12(15)14-8-11(18-2)13(16)17/h9-11H,3-8H2,1-2H3,(H,14,15)(H,16,17). The van der Waals surface area contributed by atoms with Gasteiger partial charge in [-0.15, -0.1) is 0 Å². The van der Waals surface area contributed by atoms with Crippen LogP contribution < -0.4 is 5.32 Å².